The van der Waals surface area contributed by atoms with Crippen molar-refractivity contribution in [1.82, 2.24) is 4.90 Å². The summed E-state index contributed by atoms with van der Waals surface area (Å²) in [5, 5.41) is 17.0. The molecule has 13 heavy (non-hydrogen) atoms. The van der Waals surface area contributed by atoms with Crippen LogP contribution >= 0.6 is 0 Å². The van der Waals surface area contributed by atoms with Gasteiger partial charge in [0.25, 0.3) is 0 Å². The average Bonchev–Trinajstić information content (AvgIpc) is 2.12. The summed E-state index contributed by atoms with van der Waals surface area (Å²) < 4.78 is 0. The number of amides is 1. The number of aliphatic hydroxyl groups excluding tert-OH is 1. The van der Waals surface area contributed by atoms with Crippen molar-refractivity contribution in [2.24, 2.45) is 0 Å². The van der Waals surface area contributed by atoms with E-state index in [1.165, 1.54) is 4.90 Å². The summed E-state index contributed by atoms with van der Waals surface area (Å²) in [5.74, 6) is -0.190. The first kappa shape index (κ1) is 11.9. The Hall–Kier alpha value is -1.08. The lowest BCUT2D eigenvalue weighted by Crippen LogP contribution is -2.34. The van der Waals surface area contributed by atoms with E-state index in [1.807, 2.05) is 13.0 Å². The van der Waals surface area contributed by atoms with E-state index in [0.29, 0.717) is 13.1 Å². The zero-order valence-electron chi connectivity index (χ0n) is 7.99. The van der Waals surface area contributed by atoms with Crippen molar-refractivity contribution < 1.29 is 9.90 Å². The molecule has 0 saturated carbocycles. The molecule has 0 spiro atoms. The van der Waals surface area contributed by atoms with Crippen molar-refractivity contribution in [3.8, 4) is 6.07 Å². The molecule has 0 aromatic carbocycles. The Bertz CT molecular complexity index is 187. The highest BCUT2D eigenvalue weighted by Gasteiger charge is 2.10. The number of nitrogens with zero attached hydrogens (tertiary/aromatic N) is 2. The molecule has 74 valence electrons. The number of hydrogen-bond acceptors (Lipinski definition) is 3. The van der Waals surface area contributed by atoms with Gasteiger partial charge in [0.2, 0.25) is 5.91 Å². The van der Waals surface area contributed by atoms with Crippen molar-refractivity contribution >= 4 is 5.91 Å². The van der Waals surface area contributed by atoms with Gasteiger partial charge in [-0.15, -0.1) is 0 Å². The molecule has 4 nitrogen and oxygen atoms in total. The summed E-state index contributed by atoms with van der Waals surface area (Å²) in [6.45, 7) is 2.96. The van der Waals surface area contributed by atoms with Crippen LogP contribution in [0.15, 0.2) is 0 Å². The number of aliphatic hydroxyl groups is 1. The maximum Gasteiger partial charge on any atom is 0.236 e. The molecule has 0 unspecified atom stereocenters. The fourth-order valence-corrected chi connectivity index (χ4v) is 1.01. The van der Waals surface area contributed by atoms with E-state index in [9.17, 15) is 4.79 Å². The predicted molar refractivity (Wildman–Crippen MR) is 48.8 cm³/mol. The average molecular weight is 184 g/mol. The van der Waals surface area contributed by atoms with Crippen molar-refractivity contribution in [1.29, 1.82) is 5.26 Å². The van der Waals surface area contributed by atoms with Crippen molar-refractivity contribution in [3.63, 3.8) is 0 Å². The first-order chi connectivity index (χ1) is 6.26. The van der Waals surface area contributed by atoms with Gasteiger partial charge >= 0.3 is 0 Å². The van der Waals surface area contributed by atoms with Gasteiger partial charge in [0.1, 0.15) is 6.42 Å². The Kier molecular flexibility index (Phi) is 6.93. The lowest BCUT2D eigenvalue weighted by atomic mass is 10.3. The van der Waals surface area contributed by atoms with E-state index < -0.39 is 0 Å². The van der Waals surface area contributed by atoms with Gasteiger partial charge in [0.15, 0.2) is 0 Å². The summed E-state index contributed by atoms with van der Waals surface area (Å²) in [6.07, 6.45) is 1.82. The molecule has 0 bridgehead atoms. The van der Waals surface area contributed by atoms with Crippen molar-refractivity contribution in [2.45, 2.75) is 26.2 Å². The van der Waals surface area contributed by atoms with E-state index >= 15 is 0 Å². The summed E-state index contributed by atoms with van der Waals surface area (Å²) in [7, 11) is 0. The van der Waals surface area contributed by atoms with Crippen molar-refractivity contribution in [2.75, 3.05) is 19.7 Å². The Morgan fingerprint density at radius 2 is 2.23 bits per heavy atom. The third-order valence-electron chi connectivity index (χ3n) is 1.73. The molecule has 0 aromatic rings. The molecule has 0 atom stereocenters. The van der Waals surface area contributed by atoms with E-state index in [-0.39, 0.29) is 18.9 Å². The fraction of sp³-hybridized carbons (Fsp3) is 0.778. The number of unbranched alkanes of at least 4 members (excludes halogenated alkanes) is 1. The summed E-state index contributed by atoms with van der Waals surface area (Å²) in [6, 6.07) is 1.81. The Morgan fingerprint density at radius 1 is 1.54 bits per heavy atom. The third-order valence-corrected chi connectivity index (χ3v) is 1.73. The van der Waals surface area contributed by atoms with E-state index in [2.05, 4.69) is 0 Å². The van der Waals surface area contributed by atoms with Crippen LogP contribution < -0.4 is 0 Å². The summed E-state index contributed by atoms with van der Waals surface area (Å²) in [4.78, 5) is 12.8. The van der Waals surface area contributed by atoms with Crippen LogP contribution in [0, 0.1) is 11.3 Å². The first-order valence-corrected chi connectivity index (χ1v) is 4.51. The van der Waals surface area contributed by atoms with Gasteiger partial charge in [-0.05, 0) is 6.42 Å². The van der Waals surface area contributed by atoms with Gasteiger partial charge < -0.3 is 10.0 Å². The standard InChI is InChI=1S/C9H16N2O2/c1-2-3-6-11(7-8-12)9(13)4-5-10/h12H,2-4,6-8H2,1H3. The smallest absolute Gasteiger partial charge is 0.236 e. The van der Waals surface area contributed by atoms with E-state index in [1.54, 1.807) is 0 Å². The highest BCUT2D eigenvalue weighted by atomic mass is 16.3. The van der Waals surface area contributed by atoms with Gasteiger partial charge in [-0.1, -0.05) is 13.3 Å². The van der Waals surface area contributed by atoms with Gasteiger partial charge in [-0.3, -0.25) is 4.79 Å². The highest BCUT2D eigenvalue weighted by molar-refractivity contribution is 5.78. The molecule has 0 heterocycles. The maximum absolute atomic E-state index is 11.2. The number of hydrogen-bond donors (Lipinski definition) is 1. The highest BCUT2D eigenvalue weighted by Crippen LogP contribution is 1.97. The SMILES string of the molecule is CCCCN(CCO)C(=O)CC#N. The van der Waals surface area contributed by atoms with Crippen LogP contribution in [0.3, 0.4) is 0 Å². The topological polar surface area (TPSA) is 64.3 Å². The second-order valence-electron chi connectivity index (χ2n) is 2.79. The molecular weight excluding hydrogens is 168 g/mol. The molecule has 0 aliphatic rings. The van der Waals surface area contributed by atoms with E-state index in [0.717, 1.165) is 12.8 Å². The van der Waals surface area contributed by atoms with Gasteiger partial charge in [-0.2, -0.15) is 5.26 Å². The Morgan fingerprint density at radius 3 is 2.69 bits per heavy atom. The number of nitriles is 1. The largest absolute Gasteiger partial charge is 0.395 e. The van der Waals surface area contributed by atoms with Crippen LogP contribution in [-0.4, -0.2) is 35.6 Å². The number of carbonyl (C=O) groups is 1. The zero-order valence-corrected chi connectivity index (χ0v) is 7.99. The van der Waals surface area contributed by atoms with Crippen LogP contribution in [0.5, 0.6) is 0 Å². The van der Waals surface area contributed by atoms with Crippen LogP contribution in [0.1, 0.15) is 26.2 Å². The molecule has 1 N–H and O–H groups in total. The second-order valence-corrected chi connectivity index (χ2v) is 2.79. The van der Waals surface area contributed by atoms with Crippen LogP contribution in [0.4, 0.5) is 0 Å². The van der Waals surface area contributed by atoms with Gasteiger partial charge in [0.05, 0.1) is 12.7 Å². The normalized spacial score (nSPS) is 9.31. The Labute approximate surface area is 78.8 Å². The lowest BCUT2D eigenvalue weighted by Gasteiger charge is -2.19. The minimum atomic E-state index is -0.190. The minimum absolute atomic E-state index is 0.0408. The van der Waals surface area contributed by atoms with Crippen LogP contribution in [-0.2, 0) is 4.79 Å². The Balaban J connectivity index is 3.92. The zero-order chi connectivity index (χ0) is 10.1. The number of rotatable bonds is 6. The molecule has 0 aliphatic heterocycles. The van der Waals surface area contributed by atoms with Crippen LogP contribution in [0.2, 0.25) is 0 Å². The molecule has 0 saturated heterocycles. The molecule has 0 fully saturated rings. The molecular formula is C9H16N2O2. The predicted octanol–water partition coefficient (Wildman–Crippen LogP) is 0.521. The quantitative estimate of drug-likeness (QED) is 0.654. The maximum atomic E-state index is 11.2. The second kappa shape index (κ2) is 7.56. The first-order valence-electron chi connectivity index (χ1n) is 4.51. The van der Waals surface area contributed by atoms with E-state index in [4.69, 9.17) is 10.4 Å². The minimum Gasteiger partial charge on any atom is -0.395 e. The lowest BCUT2D eigenvalue weighted by molar-refractivity contribution is -0.130. The molecule has 4 heteroatoms. The molecule has 1 amide bonds. The molecule has 0 aliphatic carbocycles. The summed E-state index contributed by atoms with van der Waals surface area (Å²) >= 11 is 0. The van der Waals surface area contributed by atoms with Gasteiger partial charge in [0, 0.05) is 13.1 Å². The monoisotopic (exact) mass is 184 g/mol. The van der Waals surface area contributed by atoms with Crippen molar-refractivity contribution in [3.05, 3.63) is 0 Å². The van der Waals surface area contributed by atoms with Crippen LogP contribution in [0.25, 0.3) is 0 Å². The summed E-state index contributed by atoms with van der Waals surface area (Å²) in [5.41, 5.74) is 0. The molecule has 0 rings (SSSR count). The number of carbonyl (C=O) groups excluding carboxylic acids is 1. The third kappa shape index (κ3) is 5.21. The molecule has 0 aromatic heterocycles. The molecule has 0 radical (unpaired) electrons. The van der Waals surface area contributed by atoms with Gasteiger partial charge in [-0.25, -0.2) is 0 Å². The fourth-order valence-electron chi connectivity index (χ4n) is 1.01.